The molecule has 0 atom stereocenters. The number of hydrogen-bond acceptors (Lipinski definition) is 6. The number of fused-ring (bicyclic) bond motifs is 1. The van der Waals surface area contributed by atoms with Crippen LogP contribution in [0.4, 0.5) is 11.5 Å². The normalized spacial score (nSPS) is 14.1. The summed E-state index contributed by atoms with van der Waals surface area (Å²) in [6, 6.07) is 25.2. The van der Waals surface area contributed by atoms with Gasteiger partial charge in [0, 0.05) is 49.4 Å². The van der Waals surface area contributed by atoms with Gasteiger partial charge in [-0.3, -0.25) is 9.69 Å². The molecule has 7 heteroatoms. The summed E-state index contributed by atoms with van der Waals surface area (Å²) in [6.07, 6.45) is 0.931. The number of nitrogens with zero attached hydrogens (tertiary/aromatic N) is 4. The van der Waals surface area contributed by atoms with Gasteiger partial charge in [-0.05, 0) is 72.0 Å². The van der Waals surface area contributed by atoms with Gasteiger partial charge < -0.3 is 10.2 Å². The molecule has 0 aliphatic carbocycles. The summed E-state index contributed by atoms with van der Waals surface area (Å²) in [5.74, 6) is 0.943. The molecule has 4 aromatic rings. The van der Waals surface area contributed by atoms with Gasteiger partial charge in [0.1, 0.15) is 5.82 Å². The Hall–Kier alpha value is -3.73. The smallest absolute Gasteiger partial charge is 0.255 e. The van der Waals surface area contributed by atoms with Crippen LogP contribution in [0.3, 0.4) is 0 Å². The van der Waals surface area contributed by atoms with Crippen molar-refractivity contribution >= 4 is 39.0 Å². The summed E-state index contributed by atoms with van der Waals surface area (Å²) in [5, 5.41) is 13.1. The highest BCUT2D eigenvalue weighted by Crippen LogP contribution is 2.29. The van der Waals surface area contributed by atoms with E-state index in [9.17, 15) is 4.79 Å². The van der Waals surface area contributed by atoms with E-state index in [4.69, 9.17) is 9.64 Å². The molecule has 1 amide bonds. The van der Waals surface area contributed by atoms with Crippen molar-refractivity contribution in [3.63, 3.8) is 0 Å². The summed E-state index contributed by atoms with van der Waals surface area (Å²) < 4.78 is 5.94. The van der Waals surface area contributed by atoms with E-state index in [1.54, 1.807) is 35.8 Å². The number of piperazine rings is 1. The van der Waals surface area contributed by atoms with Crippen molar-refractivity contribution in [3.05, 3.63) is 89.5 Å². The maximum absolute atomic E-state index is 12.5. The molecule has 0 unspecified atom stereocenters. The molecule has 1 fully saturated rings. The van der Waals surface area contributed by atoms with Crippen LogP contribution in [0.1, 0.15) is 21.5 Å². The highest BCUT2D eigenvalue weighted by atomic mass is 32.1. The van der Waals surface area contributed by atoms with Crippen LogP contribution in [0, 0.1) is 11.3 Å². The molecule has 0 bridgehead atoms. The number of benzene rings is 3. The van der Waals surface area contributed by atoms with E-state index >= 15 is 0 Å². The van der Waals surface area contributed by atoms with Crippen LogP contribution in [0.5, 0.6) is 0 Å². The zero-order valence-electron chi connectivity index (χ0n) is 18.8. The second kappa shape index (κ2) is 10.0. The summed E-state index contributed by atoms with van der Waals surface area (Å²) in [6.45, 7) is 4.98. The lowest BCUT2D eigenvalue weighted by Gasteiger charge is -2.35. The first-order valence-electron chi connectivity index (χ1n) is 11.4. The molecule has 0 spiro atoms. The topological polar surface area (TPSA) is 72.3 Å². The van der Waals surface area contributed by atoms with Crippen molar-refractivity contribution in [2.75, 3.05) is 42.9 Å². The van der Waals surface area contributed by atoms with Crippen LogP contribution < -0.4 is 10.2 Å². The molecular weight excluding hydrogens is 442 g/mol. The van der Waals surface area contributed by atoms with Gasteiger partial charge in [0.2, 0.25) is 0 Å². The van der Waals surface area contributed by atoms with Gasteiger partial charge in [-0.15, -0.1) is 0 Å². The standard InChI is InChI=1S/C27H25N5OS/c28-19-21-8-10-22(11-9-21)27(33)29-23-5-3-4-20(18-23)12-13-31-14-16-32(17-15-31)26-24-6-1-2-7-25(24)34-30-26/h1-11,18H,12-17H2,(H,29,33). The second-order valence-corrected chi connectivity index (χ2v) is 9.23. The average molecular weight is 468 g/mol. The lowest BCUT2D eigenvalue weighted by molar-refractivity contribution is 0.102. The molecule has 1 aliphatic rings. The zero-order chi connectivity index (χ0) is 23.3. The molecule has 1 saturated heterocycles. The van der Waals surface area contributed by atoms with Gasteiger partial charge in [-0.2, -0.15) is 9.64 Å². The SMILES string of the molecule is N#Cc1ccc(C(=O)Nc2cccc(CCN3CCN(c4nsc5ccccc45)CC3)c2)cc1. The number of amides is 1. The minimum Gasteiger partial charge on any atom is -0.353 e. The predicted octanol–water partition coefficient (Wildman–Crippen LogP) is 4.78. The Morgan fingerprint density at radius 2 is 1.79 bits per heavy atom. The molecule has 1 aromatic heterocycles. The molecule has 0 saturated carbocycles. The highest BCUT2D eigenvalue weighted by molar-refractivity contribution is 7.13. The predicted molar refractivity (Wildman–Crippen MR) is 138 cm³/mol. The van der Waals surface area contributed by atoms with Gasteiger partial charge in [0.25, 0.3) is 5.91 Å². The quantitative estimate of drug-likeness (QED) is 0.442. The number of carbonyl (C=O) groups is 1. The Labute approximate surface area is 203 Å². The van der Waals surface area contributed by atoms with Gasteiger partial charge >= 0.3 is 0 Å². The summed E-state index contributed by atoms with van der Waals surface area (Å²) in [5.41, 5.74) is 3.06. The molecule has 3 aromatic carbocycles. The minimum atomic E-state index is -0.174. The number of hydrogen-bond donors (Lipinski definition) is 1. The highest BCUT2D eigenvalue weighted by Gasteiger charge is 2.20. The number of aromatic nitrogens is 1. The van der Waals surface area contributed by atoms with E-state index in [2.05, 4.69) is 51.5 Å². The van der Waals surface area contributed by atoms with Crippen LogP contribution in [0.15, 0.2) is 72.8 Å². The zero-order valence-corrected chi connectivity index (χ0v) is 19.6. The fourth-order valence-corrected chi connectivity index (χ4v) is 5.07. The number of nitriles is 1. The van der Waals surface area contributed by atoms with Crippen molar-refractivity contribution in [1.29, 1.82) is 5.26 Å². The lowest BCUT2D eigenvalue weighted by atomic mass is 10.1. The van der Waals surface area contributed by atoms with E-state index in [0.29, 0.717) is 11.1 Å². The molecular formula is C27H25N5OS. The van der Waals surface area contributed by atoms with Crippen molar-refractivity contribution < 1.29 is 4.79 Å². The third-order valence-corrected chi connectivity index (χ3v) is 7.02. The number of rotatable bonds is 6. The van der Waals surface area contributed by atoms with E-state index in [0.717, 1.165) is 50.6 Å². The van der Waals surface area contributed by atoms with Gasteiger partial charge in [0.15, 0.2) is 0 Å². The Morgan fingerprint density at radius 1 is 1.00 bits per heavy atom. The summed E-state index contributed by atoms with van der Waals surface area (Å²) >= 11 is 1.57. The molecule has 1 N–H and O–H groups in total. The van der Waals surface area contributed by atoms with E-state index < -0.39 is 0 Å². The lowest BCUT2D eigenvalue weighted by Crippen LogP contribution is -2.47. The Balaban J connectivity index is 1.14. The van der Waals surface area contributed by atoms with Gasteiger partial charge in [0.05, 0.1) is 16.3 Å². The summed E-state index contributed by atoms with van der Waals surface area (Å²) in [4.78, 5) is 17.4. The Kier molecular flexibility index (Phi) is 6.52. The second-order valence-electron chi connectivity index (χ2n) is 8.42. The maximum atomic E-state index is 12.5. The first kappa shape index (κ1) is 22.1. The molecule has 5 rings (SSSR count). The number of nitrogens with one attached hydrogen (secondary N) is 1. The Morgan fingerprint density at radius 3 is 2.59 bits per heavy atom. The van der Waals surface area contributed by atoms with Crippen LogP contribution in [0.25, 0.3) is 10.1 Å². The summed E-state index contributed by atoms with van der Waals surface area (Å²) in [7, 11) is 0. The molecule has 0 radical (unpaired) electrons. The number of anilines is 2. The van der Waals surface area contributed by atoms with Gasteiger partial charge in [-0.1, -0.05) is 24.3 Å². The fourth-order valence-electron chi connectivity index (χ4n) is 4.28. The van der Waals surface area contributed by atoms with Crippen molar-refractivity contribution in [1.82, 2.24) is 9.27 Å². The van der Waals surface area contributed by atoms with Crippen LogP contribution in [0.2, 0.25) is 0 Å². The van der Waals surface area contributed by atoms with Crippen LogP contribution >= 0.6 is 11.5 Å². The van der Waals surface area contributed by atoms with Crippen LogP contribution in [-0.4, -0.2) is 47.9 Å². The largest absolute Gasteiger partial charge is 0.353 e. The van der Waals surface area contributed by atoms with E-state index in [-0.39, 0.29) is 5.91 Å². The molecule has 1 aliphatic heterocycles. The van der Waals surface area contributed by atoms with Gasteiger partial charge in [-0.25, -0.2) is 0 Å². The average Bonchev–Trinajstić information content (AvgIpc) is 3.32. The molecule has 2 heterocycles. The molecule has 170 valence electrons. The monoisotopic (exact) mass is 467 g/mol. The number of carbonyl (C=O) groups excluding carboxylic acids is 1. The fraction of sp³-hybridized carbons (Fsp3) is 0.222. The molecule has 34 heavy (non-hydrogen) atoms. The Bertz CT molecular complexity index is 1330. The van der Waals surface area contributed by atoms with E-state index in [1.807, 2.05) is 18.2 Å². The third-order valence-electron chi connectivity index (χ3n) is 6.21. The maximum Gasteiger partial charge on any atom is 0.255 e. The van der Waals surface area contributed by atoms with Crippen LogP contribution in [-0.2, 0) is 6.42 Å². The first-order chi connectivity index (χ1) is 16.7. The van der Waals surface area contributed by atoms with Crippen molar-refractivity contribution in [2.45, 2.75) is 6.42 Å². The molecule has 6 nitrogen and oxygen atoms in total. The van der Waals surface area contributed by atoms with Crippen molar-refractivity contribution in [2.24, 2.45) is 0 Å². The minimum absolute atomic E-state index is 0.174. The first-order valence-corrected chi connectivity index (χ1v) is 12.2. The van der Waals surface area contributed by atoms with E-state index in [1.165, 1.54) is 15.6 Å². The van der Waals surface area contributed by atoms with Crippen molar-refractivity contribution in [3.8, 4) is 6.07 Å². The third kappa shape index (κ3) is 4.93.